The fourth-order valence-corrected chi connectivity index (χ4v) is 4.57. The second-order valence-corrected chi connectivity index (χ2v) is 7.41. The maximum atomic E-state index is 12.3. The highest BCUT2D eigenvalue weighted by Gasteiger charge is 2.63. The van der Waals surface area contributed by atoms with Crippen LogP contribution in [0.5, 0.6) is 0 Å². The fraction of sp³-hybridized carbons (Fsp3) is 0.500. The number of pyridine rings is 1. The monoisotopic (exact) mass is 289 g/mol. The number of β-lactam (4-membered cyclic amide) rings is 1. The van der Waals surface area contributed by atoms with Crippen molar-refractivity contribution in [1.82, 2.24) is 9.88 Å². The van der Waals surface area contributed by atoms with Crippen LogP contribution >= 0.6 is 11.8 Å². The van der Waals surface area contributed by atoms with Crippen LogP contribution in [0.4, 0.5) is 0 Å². The third-order valence-corrected chi connectivity index (χ3v) is 5.58. The van der Waals surface area contributed by atoms with E-state index in [1.54, 1.807) is 41.2 Å². The normalized spacial score (nSPS) is 32.2. The van der Waals surface area contributed by atoms with E-state index in [4.69, 9.17) is 0 Å². The Morgan fingerprint density at radius 2 is 2.15 bits per heavy atom. The number of rotatable bonds is 2. The van der Waals surface area contributed by atoms with Crippen molar-refractivity contribution in [1.29, 1.82) is 5.26 Å². The molecule has 0 aliphatic carbocycles. The van der Waals surface area contributed by atoms with Crippen molar-refractivity contribution in [2.24, 2.45) is 5.92 Å². The summed E-state index contributed by atoms with van der Waals surface area (Å²) in [6.07, 6.45) is 2.36. The lowest BCUT2D eigenvalue weighted by Crippen LogP contribution is -2.61. The summed E-state index contributed by atoms with van der Waals surface area (Å²) in [5.74, 6) is -0.607. The van der Waals surface area contributed by atoms with E-state index in [9.17, 15) is 15.2 Å². The molecule has 2 saturated heterocycles. The quantitative estimate of drug-likeness (QED) is 0.831. The predicted octanol–water partition coefficient (Wildman–Crippen LogP) is 1.32. The first-order chi connectivity index (χ1) is 9.47. The van der Waals surface area contributed by atoms with E-state index in [1.165, 1.54) is 0 Å². The Hall–Kier alpha value is -1.58. The maximum absolute atomic E-state index is 12.3. The van der Waals surface area contributed by atoms with Crippen LogP contribution in [0, 0.1) is 17.2 Å². The van der Waals surface area contributed by atoms with Gasteiger partial charge >= 0.3 is 0 Å². The number of nitrogens with zero attached hydrogens (tertiary/aromatic N) is 3. The minimum Gasteiger partial charge on any atom is -0.387 e. The molecule has 0 bridgehead atoms. The number of nitriles is 1. The molecule has 0 radical (unpaired) electrons. The second kappa shape index (κ2) is 4.47. The molecule has 2 fully saturated rings. The van der Waals surface area contributed by atoms with Gasteiger partial charge in [0.1, 0.15) is 6.04 Å². The standard InChI is InChI=1S/C14H15N3O2S/c1-14(2)9(7-15)17-12(19)10(13(17)20-14)11(18)8-3-5-16-6-4-8/h3-6,9-11,13,18H,1-2H3/t9-,10-,11?,13-/m0/s1. The summed E-state index contributed by atoms with van der Waals surface area (Å²) in [5, 5.41) is 19.6. The third-order valence-electron chi connectivity index (χ3n) is 3.99. The molecule has 6 heteroatoms. The van der Waals surface area contributed by atoms with Crippen LogP contribution in [0.3, 0.4) is 0 Å². The number of hydrogen-bond donors (Lipinski definition) is 1. The van der Waals surface area contributed by atoms with E-state index in [0.717, 1.165) is 0 Å². The van der Waals surface area contributed by atoms with E-state index in [1.807, 2.05) is 13.8 Å². The van der Waals surface area contributed by atoms with Crippen molar-refractivity contribution in [3.63, 3.8) is 0 Å². The number of aliphatic hydroxyl groups is 1. The number of carbonyl (C=O) groups is 1. The van der Waals surface area contributed by atoms with Gasteiger partial charge in [0.05, 0.1) is 23.5 Å². The smallest absolute Gasteiger partial charge is 0.233 e. The summed E-state index contributed by atoms with van der Waals surface area (Å²) in [6.45, 7) is 3.93. The van der Waals surface area contributed by atoms with Gasteiger partial charge in [0.15, 0.2) is 0 Å². The van der Waals surface area contributed by atoms with Crippen molar-refractivity contribution in [2.75, 3.05) is 0 Å². The summed E-state index contributed by atoms with van der Waals surface area (Å²) < 4.78 is -0.304. The van der Waals surface area contributed by atoms with Gasteiger partial charge in [0, 0.05) is 17.1 Å². The molecule has 1 aromatic rings. The van der Waals surface area contributed by atoms with Gasteiger partial charge in [-0.25, -0.2) is 0 Å². The van der Waals surface area contributed by atoms with E-state index < -0.39 is 18.1 Å². The van der Waals surface area contributed by atoms with Crippen molar-refractivity contribution in [3.8, 4) is 6.07 Å². The highest BCUT2D eigenvalue weighted by molar-refractivity contribution is 8.01. The Morgan fingerprint density at radius 3 is 2.75 bits per heavy atom. The minimum absolute atomic E-state index is 0.120. The molecular weight excluding hydrogens is 274 g/mol. The third kappa shape index (κ3) is 1.74. The summed E-state index contributed by atoms with van der Waals surface area (Å²) in [6, 6.07) is 5.21. The number of amides is 1. The first kappa shape index (κ1) is 13.4. The average Bonchev–Trinajstić information content (AvgIpc) is 2.67. The van der Waals surface area contributed by atoms with Crippen molar-refractivity contribution >= 4 is 17.7 Å². The first-order valence-corrected chi connectivity index (χ1v) is 7.33. The van der Waals surface area contributed by atoms with Crippen LogP contribution in [0.1, 0.15) is 25.5 Å². The Bertz CT molecular complexity index is 584. The Labute approximate surface area is 121 Å². The lowest BCUT2D eigenvalue weighted by Gasteiger charge is -2.45. The topological polar surface area (TPSA) is 77.2 Å². The molecule has 1 unspecified atom stereocenters. The van der Waals surface area contributed by atoms with Gasteiger partial charge in [-0.15, -0.1) is 11.8 Å². The number of aromatic nitrogens is 1. The molecule has 2 aliphatic heterocycles. The number of thioether (sulfide) groups is 1. The zero-order valence-corrected chi connectivity index (χ0v) is 12.0. The SMILES string of the molecule is CC1(C)S[C@H]2[C@@H](C(O)c3ccncc3)C(=O)N2[C@H]1C#N. The van der Waals surface area contributed by atoms with Gasteiger partial charge in [0.2, 0.25) is 5.91 Å². The number of hydrogen-bond acceptors (Lipinski definition) is 5. The lowest BCUT2D eigenvalue weighted by molar-refractivity contribution is -0.159. The Kier molecular flexibility index (Phi) is 3.00. The van der Waals surface area contributed by atoms with Crippen LogP contribution in [0.2, 0.25) is 0 Å². The highest BCUT2D eigenvalue weighted by Crippen LogP contribution is 2.55. The molecule has 20 heavy (non-hydrogen) atoms. The Morgan fingerprint density at radius 1 is 1.50 bits per heavy atom. The summed E-state index contributed by atoms with van der Waals surface area (Å²) >= 11 is 1.59. The van der Waals surface area contributed by atoms with Gasteiger partial charge in [0.25, 0.3) is 0 Å². The molecule has 1 aromatic heterocycles. The molecule has 2 aliphatic rings. The van der Waals surface area contributed by atoms with E-state index in [2.05, 4.69) is 11.1 Å². The summed E-state index contributed by atoms with van der Waals surface area (Å²) in [5.41, 5.74) is 0.691. The van der Waals surface area contributed by atoms with E-state index >= 15 is 0 Å². The van der Waals surface area contributed by atoms with Crippen molar-refractivity contribution in [2.45, 2.75) is 36.1 Å². The minimum atomic E-state index is -0.840. The van der Waals surface area contributed by atoms with Crippen LogP contribution in [-0.2, 0) is 4.79 Å². The molecule has 0 saturated carbocycles. The van der Waals surface area contributed by atoms with Gasteiger partial charge < -0.3 is 10.0 Å². The molecular formula is C14H15N3O2S. The molecule has 0 aromatic carbocycles. The molecule has 104 valence electrons. The number of carbonyl (C=O) groups excluding carboxylic acids is 1. The summed E-state index contributed by atoms with van der Waals surface area (Å²) in [4.78, 5) is 17.8. The molecule has 1 N–H and O–H groups in total. The van der Waals surface area contributed by atoms with Crippen molar-refractivity contribution < 1.29 is 9.90 Å². The van der Waals surface area contributed by atoms with Crippen LogP contribution in [-0.4, -0.2) is 37.1 Å². The molecule has 3 heterocycles. The van der Waals surface area contributed by atoms with E-state index in [-0.39, 0.29) is 16.0 Å². The van der Waals surface area contributed by atoms with Crippen LogP contribution in [0.25, 0.3) is 0 Å². The zero-order valence-electron chi connectivity index (χ0n) is 11.2. The summed E-state index contributed by atoms with van der Waals surface area (Å²) in [7, 11) is 0. The number of aliphatic hydroxyl groups excluding tert-OH is 1. The molecule has 1 amide bonds. The Balaban J connectivity index is 1.86. The van der Waals surface area contributed by atoms with Gasteiger partial charge in [-0.2, -0.15) is 5.26 Å². The largest absolute Gasteiger partial charge is 0.387 e. The van der Waals surface area contributed by atoms with Gasteiger partial charge in [-0.05, 0) is 31.5 Å². The van der Waals surface area contributed by atoms with Gasteiger partial charge in [-0.1, -0.05) is 0 Å². The lowest BCUT2D eigenvalue weighted by atomic mass is 9.85. The van der Waals surface area contributed by atoms with E-state index in [0.29, 0.717) is 5.56 Å². The van der Waals surface area contributed by atoms with Crippen molar-refractivity contribution in [3.05, 3.63) is 30.1 Å². The fourth-order valence-electron chi connectivity index (χ4n) is 2.90. The molecule has 0 spiro atoms. The predicted molar refractivity (Wildman–Crippen MR) is 74.4 cm³/mol. The van der Waals surface area contributed by atoms with Crippen LogP contribution < -0.4 is 0 Å². The first-order valence-electron chi connectivity index (χ1n) is 6.45. The second-order valence-electron chi connectivity index (χ2n) is 5.64. The molecule has 3 rings (SSSR count). The maximum Gasteiger partial charge on any atom is 0.233 e. The molecule has 5 nitrogen and oxygen atoms in total. The zero-order chi connectivity index (χ0) is 14.5. The van der Waals surface area contributed by atoms with Crippen LogP contribution in [0.15, 0.2) is 24.5 Å². The van der Waals surface area contributed by atoms with Gasteiger partial charge in [-0.3, -0.25) is 9.78 Å². The highest BCUT2D eigenvalue weighted by atomic mass is 32.2. The average molecular weight is 289 g/mol. The number of fused-ring (bicyclic) bond motifs is 1. The molecule has 4 atom stereocenters.